The van der Waals surface area contributed by atoms with Gasteiger partial charge in [-0.15, -0.1) is 0 Å². The van der Waals surface area contributed by atoms with Crippen LogP contribution in [0.1, 0.15) is 44.4 Å². The number of halogens is 1. The molecule has 0 aliphatic carbocycles. The van der Waals surface area contributed by atoms with Crippen LogP contribution in [-0.4, -0.2) is 12.1 Å². The predicted molar refractivity (Wildman–Crippen MR) is 115 cm³/mol. The van der Waals surface area contributed by atoms with Crippen molar-refractivity contribution >= 4 is 38.8 Å². The fourth-order valence-corrected chi connectivity index (χ4v) is 4.17. The highest BCUT2D eigenvalue weighted by Gasteiger charge is 2.29. The van der Waals surface area contributed by atoms with Crippen LogP contribution in [-0.2, 0) is 0 Å². The van der Waals surface area contributed by atoms with Gasteiger partial charge < -0.3 is 4.90 Å². The molecule has 2 aromatic rings. The van der Waals surface area contributed by atoms with E-state index in [1.807, 2.05) is 30.3 Å². The molecule has 0 bridgehead atoms. The zero-order valence-corrected chi connectivity index (χ0v) is 17.3. The molecule has 132 valence electrons. The second-order valence-corrected chi connectivity index (χ2v) is 8.10. The highest BCUT2D eigenvalue weighted by atomic mass is 79.9. The molecule has 0 atom stereocenters. The molecule has 0 saturated carbocycles. The van der Waals surface area contributed by atoms with Crippen molar-refractivity contribution in [1.29, 1.82) is 5.26 Å². The summed E-state index contributed by atoms with van der Waals surface area (Å²) in [6.45, 7) is 9.81. The van der Waals surface area contributed by atoms with Crippen molar-refractivity contribution in [1.82, 2.24) is 0 Å². The fourth-order valence-electron chi connectivity index (χ4n) is 3.77. The van der Waals surface area contributed by atoms with Gasteiger partial charge in [0.15, 0.2) is 0 Å². The van der Waals surface area contributed by atoms with Gasteiger partial charge in [-0.2, -0.15) is 5.26 Å². The summed E-state index contributed by atoms with van der Waals surface area (Å²) in [7, 11) is 0. The Balaban J connectivity index is 2.07. The summed E-state index contributed by atoms with van der Waals surface area (Å²) in [6.07, 6.45) is 4.29. The van der Waals surface area contributed by atoms with Crippen molar-refractivity contribution in [3.63, 3.8) is 0 Å². The van der Waals surface area contributed by atoms with Gasteiger partial charge in [0.1, 0.15) is 0 Å². The molecular formula is C23H23BrN2. The second-order valence-electron chi connectivity index (χ2n) is 7.18. The number of allylic oxidation sites excluding steroid dienone is 2. The standard InChI is InChI=1S/C23H23BrN2/c1-5-26-22-10-9-17(12-21(22)16(2)14-23(26,3)4)11-19(15-25)18-7-6-8-20(24)13-18/h6-14H,5H2,1-4H3/b19-11-. The van der Waals surface area contributed by atoms with Crippen molar-refractivity contribution in [2.75, 3.05) is 11.4 Å². The first kappa shape index (κ1) is 18.5. The van der Waals surface area contributed by atoms with Gasteiger partial charge in [0.2, 0.25) is 0 Å². The van der Waals surface area contributed by atoms with Gasteiger partial charge in [0.25, 0.3) is 0 Å². The normalized spacial score (nSPS) is 15.9. The molecule has 1 heterocycles. The maximum atomic E-state index is 9.62. The average Bonchev–Trinajstić information content (AvgIpc) is 2.59. The van der Waals surface area contributed by atoms with Crippen LogP contribution >= 0.6 is 15.9 Å². The number of hydrogen-bond donors (Lipinski definition) is 0. The summed E-state index contributed by atoms with van der Waals surface area (Å²) in [5.74, 6) is 0. The number of likely N-dealkylation sites (N-methyl/N-ethyl adjacent to an activating group) is 1. The topological polar surface area (TPSA) is 27.0 Å². The Morgan fingerprint density at radius 2 is 2.00 bits per heavy atom. The van der Waals surface area contributed by atoms with E-state index >= 15 is 0 Å². The lowest BCUT2D eigenvalue weighted by Gasteiger charge is -2.42. The highest BCUT2D eigenvalue weighted by Crippen LogP contribution is 2.39. The molecule has 3 rings (SSSR count). The van der Waals surface area contributed by atoms with Gasteiger partial charge in [0, 0.05) is 22.3 Å². The predicted octanol–water partition coefficient (Wildman–Crippen LogP) is 6.54. The van der Waals surface area contributed by atoms with E-state index in [9.17, 15) is 5.26 Å². The summed E-state index contributed by atoms with van der Waals surface area (Å²) in [6, 6.07) is 16.7. The minimum Gasteiger partial charge on any atom is -0.363 e. The molecule has 0 spiro atoms. The minimum atomic E-state index is 0.0112. The van der Waals surface area contributed by atoms with Gasteiger partial charge >= 0.3 is 0 Å². The molecule has 0 unspecified atom stereocenters. The Morgan fingerprint density at radius 3 is 2.65 bits per heavy atom. The van der Waals surface area contributed by atoms with Crippen molar-refractivity contribution in [2.45, 2.75) is 33.2 Å². The smallest absolute Gasteiger partial charge is 0.0998 e. The van der Waals surface area contributed by atoms with Crippen molar-refractivity contribution in [2.24, 2.45) is 0 Å². The van der Waals surface area contributed by atoms with Crippen LogP contribution in [0.4, 0.5) is 5.69 Å². The van der Waals surface area contributed by atoms with E-state index in [2.05, 4.69) is 78.9 Å². The number of nitrogens with zero attached hydrogens (tertiary/aromatic N) is 2. The van der Waals surface area contributed by atoms with E-state index in [4.69, 9.17) is 0 Å². The Labute approximate surface area is 164 Å². The zero-order valence-electron chi connectivity index (χ0n) is 15.7. The van der Waals surface area contributed by atoms with E-state index in [1.54, 1.807) is 0 Å². The van der Waals surface area contributed by atoms with E-state index in [0.717, 1.165) is 22.1 Å². The Kier molecular flexibility index (Phi) is 5.07. The molecule has 2 nitrogen and oxygen atoms in total. The van der Waals surface area contributed by atoms with E-state index in [1.165, 1.54) is 16.8 Å². The first-order chi connectivity index (χ1) is 12.4. The molecule has 1 aliphatic heterocycles. The quantitative estimate of drug-likeness (QED) is 0.427. The highest BCUT2D eigenvalue weighted by molar-refractivity contribution is 9.10. The average molecular weight is 407 g/mol. The van der Waals surface area contributed by atoms with Gasteiger partial charge in [-0.05, 0) is 74.7 Å². The SMILES string of the molecule is CCN1c2ccc(/C=C(/C#N)c3cccc(Br)c3)cc2C(C)=CC1(C)C. The minimum absolute atomic E-state index is 0.0112. The maximum Gasteiger partial charge on any atom is 0.0998 e. The molecule has 2 aromatic carbocycles. The van der Waals surface area contributed by atoms with E-state index in [-0.39, 0.29) is 5.54 Å². The summed E-state index contributed by atoms with van der Waals surface area (Å²) < 4.78 is 0.973. The number of fused-ring (bicyclic) bond motifs is 1. The van der Waals surface area contributed by atoms with Crippen LogP contribution in [0.5, 0.6) is 0 Å². The first-order valence-corrected chi connectivity index (χ1v) is 9.64. The Morgan fingerprint density at radius 1 is 1.23 bits per heavy atom. The van der Waals surface area contributed by atoms with Crippen LogP contribution < -0.4 is 4.90 Å². The van der Waals surface area contributed by atoms with Gasteiger partial charge in [0.05, 0.1) is 17.2 Å². The van der Waals surface area contributed by atoms with E-state index < -0.39 is 0 Å². The van der Waals surface area contributed by atoms with Crippen LogP contribution in [0, 0.1) is 11.3 Å². The largest absolute Gasteiger partial charge is 0.363 e. The lowest BCUT2D eigenvalue weighted by molar-refractivity contribution is 0.566. The molecule has 3 heteroatoms. The third kappa shape index (κ3) is 3.48. The number of anilines is 1. The lowest BCUT2D eigenvalue weighted by Crippen LogP contribution is -2.44. The molecular weight excluding hydrogens is 384 g/mol. The molecule has 0 fully saturated rings. The van der Waals surface area contributed by atoms with Crippen molar-refractivity contribution < 1.29 is 0 Å². The van der Waals surface area contributed by atoms with Gasteiger partial charge in [-0.1, -0.05) is 40.2 Å². The molecule has 26 heavy (non-hydrogen) atoms. The van der Waals surface area contributed by atoms with Gasteiger partial charge in [-0.25, -0.2) is 0 Å². The third-order valence-corrected chi connectivity index (χ3v) is 5.38. The molecule has 0 radical (unpaired) electrons. The second kappa shape index (κ2) is 7.13. The lowest BCUT2D eigenvalue weighted by atomic mass is 9.88. The Hall–Kier alpha value is -2.31. The molecule has 0 saturated heterocycles. The summed E-state index contributed by atoms with van der Waals surface area (Å²) in [4.78, 5) is 2.42. The molecule has 0 amide bonds. The summed E-state index contributed by atoms with van der Waals surface area (Å²) in [5.41, 5.74) is 6.42. The Bertz CT molecular complexity index is 945. The number of rotatable bonds is 3. The summed E-state index contributed by atoms with van der Waals surface area (Å²) in [5, 5.41) is 9.62. The first-order valence-electron chi connectivity index (χ1n) is 8.85. The van der Waals surface area contributed by atoms with Crippen LogP contribution in [0.3, 0.4) is 0 Å². The third-order valence-electron chi connectivity index (χ3n) is 4.88. The number of benzene rings is 2. The molecule has 0 N–H and O–H groups in total. The zero-order chi connectivity index (χ0) is 18.9. The van der Waals surface area contributed by atoms with Crippen molar-refractivity contribution in [3.8, 4) is 6.07 Å². The number of hydrogen-bond acceptors (Lipinski definition) is 2. The molecule has 0 aromatic heterocycles. The van der Waals surface area contributed by atoms with E-state index in [0.29, 0.717) is 5.57 Å². The monoisotopic (exact) mass is 406 g/mol. The van der Waals surface area contributed by atoms with Crippen LogP contribution in [0.2, 0.25) is 0 Å². The maximum absolute atomic E-state index is 9.62. The van der Waals surface area contributed by atoms with Crippen LogP contribution in [0.15, 0.2) is 53.0 Å². The van der Waals surface area contributed by atoms with Crippen LogP contribution in [0.25, 0.3) is 17.2 Å². The fraction of sp³-hybridized carbons (Fsp3) is 0.261. The molecule has 1 aliphatic rings. The van der Waals surface area contributed by atoms with Crippen molar-refractivity contribution in [3.05, 3.63) is 69.7 Å². The number of nitriles is 1. The summed E-state index contributed by atoms with van der Waals surface area (Å²) >= 11 is 3.48. The van der Waals surface area contributed by atoms with Gasteiger partial charge in [-0.3, -0.25) is 0 Å².